The molecule has 0 fully saturated rings. The zero-order valence-electron chi connectivity index (χ0n) is 12.7. The highest BCUT2D eigenvalue weighted by Crippen LogP contribution is 2.12. The van der Waals surface area contributed by atoms with E-state index in [0.717, 1.165) is 44.7 Å². The largest absolute Gasteiger partial charge is 0.377 e. The summed E-state index contributed by atoms with van der Waals surface area (Å²) in [4.78, 5) is 4.38. The molecule has 0 bridgehead atoms. The van der Waals surface area contributed by atoms with Crippen molar-refractivity contribution >= 4 is 0 Å². The van der Waals surface area contributed by atoms with E-state index in [1.165, 1.54) is 0 Å². The lowest BCUT2D eigenvalue weighted by molar-refractivity contribution is 0.0293. The maximum Gasteiger partial charge on any atom is 0.138 e. The van der Waals surface area contributed by atoms with Crippen LogP contribution in [0.1, 0.15) is 45.9 Å². The highest BCUT2D eigenvalue weighted by Gasteiger charge is 2.22. The lowest BCUT2D eigenvalue weighted by Crippen LogP contribution is -2.41. The molecule has 2 atom stereocenters. The van der Waals surface area contributed by atoms with Gasteiger partial charge in [-0.1, -0.05) is 20.3 Å². The van der Waals surface area contributed by atoms with Gasteiger partial charge in [0.1, 0.15) is 12.2 Å². The molecule has 1 aromatic rings. The smallest absolute Gasteiger partial charge is 0.138 e. The molecule has 0 saturated carbocycles. The molecule has 2 unspecified atom stereocenters. The first-order chi connectivity index (χ1) is 9.26. The molecule has 0 saturated heterocycles. The molecular weight excluding hydrogens is 240 g/mol. The van der Waals surface area contributed by atoms with Gasteiger partial charge in [-0.15, -0.1) is 0 Å². The van der Waals surface area contributed by atoms with Gasteiger partial charge in [0.25, 0.3) is 0 Å². The summed E-state index contributed by atoms with van der Waals surface area (Å²) < 4.78 is 7.86. The van der Waals surface area contributed by atoms with Crippen LogP contribution in [0.2, 0.25) is 0 Å². The van der Waals surface area contributed by atoms with E-state index in [2.05, 4.69) is 36.2 Å². The summed E-state index contributed by atoms with van der Waals surface area (Å²) in [5.74, 6) is 1.04. The summed E-state index contributed by atoms with van der Waals surface area (Å²) in [6.07, 6.45) is 6.02. The number of aryl methyl sites for hydroxylation is 1. The number of ether oxygens (including phenoxy) is 1. The van der Waals surface area contributed by atoms with Gasteiger partial charge in [0.2, 0.25) is 0 Å². The van der Waals surface area contributed by atoms with Crippen LogP contribution in [0.5, 0.6) is 0 Å². The average Bonchev–Trinajstić information content (AvgIpc) is 2.83. The van der Waals surface area contributed by atoms with Crippen LogP contribution in [0.3, 0.4) is 0 Å². The lowest BCUT2D eigenvalue weighted by Gasteiger charge is -2.26. The predicted octanol–water partition coefficient (Wildman–Crippen LogP) is 2.02. The zero-order valence-corrected chi connectivity index (χ0v) is 12.7. The van der Waals surface area contributed by atoms with Crippen molar-refractivity contribution in [3.63, 3.8) is 0 Å². The van der Waals surface area contributed by atoms with E-state index in [-0.39, 0.29) is 6.10 Å². The van der Waals surface area contributed by atoms with Gasteiger partial charge in [-0.05, 0) is 26.8 Å². The molecule has 0 aliphatic heterocycles. The van der Waals surface area contributed by atoms with Crippen molar-refractivity contribution in [3.8, 4) is 0 Å². The first kappa shape index (κ1) is 16.1. The zero-order chi connectivity index (χ0) is 14.1. The monoisotopic (exact) mass is 268 g/mol. The Morgan fingerprint density at radius 1 is 1.32 bits per heavy atom. The Labute approximate surface area is 116 Å². The minimum Gasteiger partial charge on any atom is -0.377 e. The Hall–Kier alpha value is -0.940. The Morgan fingerprint density at radius 2 is 2.11 bits per heavy atom. The SMILES string of the molecule is CCCC(OCC)C(Cc1ncnn1CCC)NC. The minimum absolute atomic E-state index is 0.242. The molecule has 5 heteroatoms. The number of rotatable bonds is 10. The van der Waals surface area contributed by atoms with E-state index < -0.39 is 0 Å². The van der Waals surface area contributed by atoms with Gasteiger partial charge >= 0.3 is 0 Å². The van der Waals surface area contributed by atoms with Crippen LogP contribution in [0.25, 0.3) is 0 Å². The van der Waals surface area contributed by atoms with Gasteiger partial charge in [0.05, 0.1) is 6.10 Å². The standard InChI is InChI=1S/C14H28N4O/c1-5-8-13(19-7-3)12(15-4)10-14-16-11-17-18(14)9-6-2/h11-13,15H,5-10H2,1-4H3. The normalized spacial score (nSPS) is 14.5. The Bertz CT molecular complexity index is 334. The van der Waals surface area contributed by atoms with Crippen molar-refractivity contribution < 1.29 is 4.74 Å². The molecule has 0 aliphatic rings. The van der Waals surface area contributed by atoms with Crippen molar-refractivity contribution in [2.75, 3.05) is 13.7 Å². The fourth-order valence-electron chi connectivity index (χ4n) is 2.36. The van der Waals surface area contributed by atoms with Crippen molar-refractivity contribution in [1.82, 2.24) is 20.1 Å². The molecule has 1 N–H and O–H groups in total. The van der Waals surface area contributed by atoms with Gasteiger partial charge in [-0.2, -0.15) is 5.10 Å². The van der Waals surface area contributed by atoms with Gasteiger partial charge in [0, 0.05) is 25.6 Å². The molecular formula is C14H28N4O. The third-order valence-electron chi connectivity index (χ3n) is 3.31. The van der Waals surface area contributed by atoms with Crippen molar-refractivity contribution in [2.24, 2.45) is 0 Å². The highest BCUT2D eigenvalue weighted by atomic mass is 16.5. The van der Waals surface area contributed by atoms with Crippen LogP contribution in [0.4, 0.5) is 0 Å². The highest BCUT2D eigenvalue weighted by molar-refractivity contribution is 4.92. The first-order valence-electron chi connectivity index (χ1n) is 7.42. The summed E-state index contributed by atoms with van der Waals surface area (Å²) in [5.41, 5.74) is 0. The van der Waals surface area contributed by atoms with Crippen LogP contribution in [-0.2, 0) is 17.7 Å². The fourth-order valence-corrected chi connectivity index (χ4v) is 2.36. The number of aromatic nitrogens is 3. The maximum absolute atomic E-state index is 5.86. The van der Waals surface area contributed by atoms with Crippen molar-refractivity contribution in [2.45, 2.75) is 65.1 Å². The summed E-state index contributed by atoms with van der Waals surface area (Å²) in [6, 6.07) is 0.291. The molecule has 19 heavy (non-hydrogen) atoms. The van der Waals surface area contributed by atoms with E-state index in [4.69, 9.17) is 4.74 Å². The Morgan fingerprint density at radius 3 is 2.68 bits per heavy atom. The molecule has 0 spiro atoms. The van der Waals surface area contributed by atoms with Gasteiger partial charge in [-0.3, -0.25) is 4.68 Å². The third-order valence-corrected chi connectivity index (χ3v) is 3.31. The summed E-state index contributed by atoms with van der Waals surface area (Å²) in [5, 5.41) is 7.65. The van der Waals surface area contributed by atoms with Crippen molar-refractivity contribution in [3.05, 3.63) is 12.2 Å². The van der Waals surface area contributed by atoms with Gasteiger partial charge in [-0.25, -0.2) is 4.98 Å². The molecule has 0 radical (unpaired) electrons. The number of nitrogens with one attached hydrogen (secondary N) is 1. The van der Waals surface area contributed by atoms with Crippen molar-refractivity contribution in [1.29, 1.82) is 0 Å². The third kappa shape index (κ3) is 4.91. The summed E-state index contributed by atoms with van der Waals surface area (Å²) >= 11 is 0. The number of hydrogen-bond donors (Lipinski definition) is 1. The first-order valence-corrected chi connectivity index (χ1v) is 7.42. The van der Waals surface area contributed by atoms with Gasteiger partial charge in [0.15, 0.2) is 0 Å². The molecule has 1 aromatic heterocycles. The molecule has 0 amide bonds. The molecule has 1 heterocycles. The molecule has 0 aromatic carbocycles. The second-order valence-electron chi connectivity index (χ2n) is 4.78. The van der Waals surface area contributed by atoms with E-state index in [1.807, 2.05) is 11.7 Å². The quantitative estimate of drug-likeness (QED) is 0.705. The summed E-state index contributed by atoms with van der Waals surface area (Å²) in [7, 11) is 1.99. The van der Waals surface area contributed by atoms with Crippen LogP contribution in [0, 0.1) is 0 Å². The maximum atomic E-state index is 5.86. The minimum atomic E-state index is 0.242. The van der Waals surface area contributed by atoms with Crippen LogP contribution < -0.4 is 5.32 Å². The van der Waals surface area contributed by atoms with Crippen LogP contribution >= 0.6 is 0 Å². The van der Waals surface area contributed by atoms with E-state index in [1.54, 1.807) is 6.33 Å². The number of hydrogen-bond acceptors (Lipinski definition) is 4. The second kappa shape index (κ2) is 9.04. The molecule has 110 valence electrons. The van der Waals surface area contributed by atoms with Crippen LogP contribution in [-0.4, -0.2) is 40.6 Å². The van der Waals surface area contributed by atoms with Crippen LogP contribution in [0.15, 0.2) is 6.33 Å². The van der Waals surface area contributed by atoms with Gasteiger partial charge < -0.3 is 10.1 Å². The topological polar surface area (TPSA) is 52.0 Å². The van der Waals surface area contributed by atoms with E-state index in [0.29, 0.717) is 6.04 Å². The number of nitrogens with zero attached hydrogens (tertiary/aromatic N) is 3. The Kier molecular flexibility index (Phi) is 7.67. The molecule has 0 aliphatic carbocycles. The molecule has 1 rings (SSSR count). The average molecular weight is 268 g/mol. The predicted molar refractivity (Wildman–Crippen MR) is 77.2 cm³/mol. The fraction of sp³-hybridized carbons (Fsp3) is 0.857. The second-order valence-corrected chi connectivity index (χ2v) is 4.78. The van der Waals surface area contributed by atoms with E-state index in [9.17, 15) is 0 Å². The summed E-state index contributed by atoms with van der Waals surface area (Å²) in [6.45, 7) is 8.08. The Balaban J connectivity index is 2.70. The number of likely N-dealkylation sites (N-methyl/N-ethyl adjacent to an activating group) is 1. The molecule has 5 nitrogen and oxygen atoms in total. The lowest BCUT2D eigenvalue weighted by atomic mass is 10.0. The van der Waals surface area contributed by atoms with E-state index >= 15 is 0 Å².